The predicted molar refractivity (Wildman–Crippen MR) is 34.9 cm³/mol. The van der Waals surface area contributed by atoms with Gasteiger partial charge in [0.05, 0.1) is 12.7 Å². The van der Waals surface area contributed by atoms with E-state index in [0.717, 1.165) is 13.0 Å². The van der Waals surface area contributed by atoms with E-state index in [2.05, 4.69) is 0 Å². The molecule has 0 aromatic carbocycles. The summed E-state index contributed by atoms with van der Waals surface area (Å²) in [5.74, 6) is 0. The van der Waals surface area contributed by atoms with E-state index in [1.54, 1.807) is 7.11 Å². The second-order valence-corrected chi connectivity index (χ2v) is 2.77. The SMILES string of the molecule is CO[C@@H]1COC2CCO[C@@H]21. The van der Waals surface area contributed by atoms with Gasteiger partial charge in [0.15, 0.2) is 0 Å². The van der Waals surface area contributed by atoms with Gasteiger partial charge in [-0.3, -0.25) is 0 Å². The van der Waals surface area contributed by atoms with Crippen molar-refractivity contribution in [2.75, 3.05) is 20.3 Å². The molecule has 0 spiro atoms. The molecule has 3 atom stereocenters. The molecule has 0 aromatic heterocycles. The Kier molecular flexibility index (Phi) is 1.64. The number of hydrogen-bond acceptors (Lipinski definition) is 3. The normalized spacial score (nSPS) is 45.9. The zero-order valence-corrected chi connectivity index (χ0v) is 6.08. The second kappa shape index (κ2) is 2.49. The maximum atomic E-state index is 5.43. The van der Waals surface area contributed by atoms with Crippen molar-refractivity contribution >= 4 is 0 Å². The van der Waals surface area contributed by atoms with Crippen LogP contribution >= 0.6 is 0 Å². The van der Waals surface area contributed by atoms with E-state index in [1.165, 1.54) is 0 Å². The summed E-state index contributed by atoms with van der Waals surface area (Å²) in [6, 6.07) is 0. The molecule has 1 unspecified atom stereocenters. The van der Waals surface area contributed by atoms with Crippen molar-refractivity contribution in [1.82, 2.24) is 0 Å². The van der Waals surface area contributed by atoms with Gasteiger partial charge in [-0.25, -0.2) is 0 Å². The quantitative estimate of drug-likeness (QED) is 0.525. The summed E-state index contributed by atoms with van der Waals surface area (Å²) in [6.07, 6.45) is 1.73. The Morgan fingerprint density at radius 1 is 1.40 bits per heavy atom. The van der Waals surface area contributed by atoms with Gasteiger partial charge in [0.25, 0.3) is 0 Å². The van der Waals surface area contributed by atoms with Gasteiger partial charge < -0.3 is 14.2 Å². The van der Waals surface area contributed by atoms with Crippen LogP contribution in [0.1, 0.15) is 6.42 Å². The van der Waals surface area contributed by atoms with Crippen molar-refractivity contribution in [2.45, 2.75) is 24.7 Å². The molecule has 2 fully saturated rings. The van der Waals surface area contributed by atoms with E-state index in [-0.39, 0.29) is 12.2 Å². The third kappa shape index (κ3) is 0.856. The molecule has 0 aliphatic carbocycles. The van der Waals surface area contributed by atoms with Gasteiger partial charge in [0.1, 0.15) is 12.2 Å². The summed E-state index contributed by atoms with van der Waals surface area (Å²) in [5.41, 5.74) is 0. The van der Waals surface area contributed by atoms with Crippen LogP contribution in [0.25, 0.3) is 0 Å². The summed E-state index contributed by atoms with van der Waals surface area (Å²) >= 11 is 0. The fourth-order valence-corrected chi connectivity index (χ4v) is 1.63. The highest BCUT2D eigenvalue weighted by Gasteiger charge is 2.41. The monoisotopic (exact) mass is 144 g/mol. The summed E-state index contributed by atoms with van der Waals surface area (Å²) in [4.78, 5) is 0. The largest absolute Gasteiger partial charge is 0.376 e. The first-order valence-electron chi connectivity index (χ1n) is 3.68. The first-order chi connectivity index (χ1) is 4.92. The minimum absolute atomic E-state index is 0.174. The van der Waals surface area contributed by atoms with Gasteiger partial charge in [0, 0.05) is 13.7 Å². The minimum atomic E-state index is 0.174. The minimum Gasteiger partial charge on any atom is -0.376 e. The molecule has 2 saturated heterocycles. The Morgan fingerprint density at radius 3 is 3.10 bits per heavy atom. The smallest absolute Gasteiger partial charge is 0.112 e. The zero-order valence-electron chi connectivity index (χ0n) is 6.08. The van der Waals surface area contributed by atoms with Crippen LogP contribution in [0.4, 0.5) is 0 Å². The topological polar surface area (TPSA) is 27.7 Å². The molecule has 0 amide bonds. The first-order valence-corrected chi connectivity index (χ1v) is 3.68. The van der Waals surface area contributed by atoms with Gasteiger partial charge in [0.2, 0.25) is 0 Å². The second-order valence-electron chi connectivity index (χ2n) is 2.77. The molecule has 2 aliphatic heterocycles. The highest BCUT2D eigenvalue weighted by molar-refractivity contribution is 4.89. The van der Waals surface area contributed by atoms with Gasteiger partial charge >= 0.3 is 0 Å². The summed E-state index contributed by atoms with van der Waals surface area (Å²) in [6.45, 7) is 1.53. The Balaban J connectivity index is 2.01. The molecule has 0 radical (unpaired) electrons. The fraction of sp³-hybridized carbons (Fsp3) is 1.00. The van der Waals surface area contributed by atoms with Crippen molar-refractivity contribution < 1.29 is 14.2 Å². The van der Waals surface area contributed by atoms with Crippen LogP contribution < -0.4 is 0 Å². The highest BCUT2D eigenvalue weighted by Crippen LogP contribution is 2.27. The van der Waals surface area contributed by atoms with E-state index in [1.807, 2.05) is 0 Å². The van der Waals surface area contributed by atoms with E-state index in [0.29, 0.717) is 12.7 Å². The Morgan fingerprint density at radius 2 is 2.30 bits per heavy atom. The molecule has 10 heavy (non-hydrogen) atoms. The van der Waals surface area contributed by atoms with Gasteiger partial charge in [-0.1, -0.05) is 0 Å². The van der Waals surface area contributed by atoms with Crippen LogP contribution in [0.3, 0.4) is 0 Å². The third-order valence-corrected chi connectivity index (χ3v) is 2.22. The first kappa shape index (κ1) is 6.58. The lowest BCUT2D eigenvalue weighted by Crippen LogP contribution is -2.28. The fourth-order valence-electron chi connectivity index (χ4n) is 1.63. The number of ether oxygens (including phenoxy) is 3. The van der Waals surface area contributed by atoms with Gasteiger partial charge in [-0.15, -0.1) is 0 Å². The molecule has 0 saturated carbocycles. The summed E-state index contributed by atoms with van der Waals surface area (Å²) in [5, 5.41) is 0. The van der Waals surface area contributed by atoms with Crippen molar-refractivity contribution in [3.63, 3.8) is 0 Å². The lowest BCUT2D eigenvalue weighted by atomic mass is 10.1. The number of fused-ring (bicyclic) bond motifs is 1. The number of rotatable bonds is 1. The van der Waals surface area contributed by atoms with Crippen LogP contribution in [-0.2, 0) is 14.2 Å². The lowest BCUT2D eigenvalue weighted by molar-refractivity contribution is -0.00727. The van der Waals surface area contributed by atoms with Crippen molar-refractivity contribution in [2.24, 2.45) is 0 Å². The maximum Gasteiger partial charge on any atom is 0.112 e. The summed E-state index contributed by atoms with van der Waals surface area (Å²) in [7, 11) is 1.71. The number of hydrogen-bond donors (Lipinski definition) is 0. The molecular weight excluding hydrogens is 132 g/mol. The highest BCUT2D eigenvalue weighted by atomic mass is 16.6. The lowest BCUT2D eigenvalue weighted by Gasteiger charge is -2.12. The van der Waals surface area contributed by atoms with Crippen molar-refractivity contribution in [3.05, 3.63) is 0 Å². The van der Waals surface area contributed by atoms with Crippen molar-refractivity contribution in [3.8, 4) is 0 Å². The predicted octanol–water partition coefficient (Wildman–Crippen LogP) is 0.189. The Labute approximate surface area is 60.3 Å². The molecule has 2 aliphatic rings. The zero-order chi connectivity index (χ0) is 6.97. The van der Waals surface area contributed by atoms with Gasteiger partial charge in [-0.05, 0) is 6.42 Å². The summed E-state index contributed by atoms with van der Waals surface area (Å²) < 4.78 is 16.0. The molecule has 2 rings (SSSR count). The molecule has 3 nitrogen and oxygen atoms in total. The number of methoxy groups -OCH3 is 1. The van der Waals surface area contributed by atoms with Crippen LogP contribution in [0.5, 0.6) is 0 Å². The molecule has 2 heterocycles. The van der Waals surface area contributed by atoms with Gasteiger partial charge in [-0.2, -0.15) is 0 Å². The molecule has 58 valence electrons. The van der Waals surface area contributed by atoms with Crippen LogP contribution in [0, 0.1) is 0 Å². The third-order valence-electron chi connectivity index (χ3n) is 2.22. The van der Waals surface area contributed by atoms with Crippen LogP contribution in [0.15, 0.2) is 0 Å². The molecule has 3 heteroatoms. The maximum absolute atomic E-state index is 5.43. The Hall–Kier alpha value is -0.120. The van der Waals surface area contributed by atoms with E-state index in [4.69, 9.17) is 14.2 Å². The average Bonchev–Trinajstić information content (AvgIpc) is 2.44. The van der Waals surface area contributed by atoms with Crippen molar-refractivity contribution in [1.29, 1.82) is 0 Å². The molecule has 0 aromatic rings. The van der Waals surface area contributed by atoms with E-state index >= 15 is 0 Å². The van der Waals surface area contributed by atoms with E-state index in [9.17, 15) is 0 Å². The molecule has 0 bridgehead atoms. The van der Waals surface area contributed by atoms with Crippen LogP contribution in [-0.4, -0.2) is 38.6 Å². The van der Waals surface area contributed by atoms with Crippen LogP contribution in [0.2, 0.25) is 0 Å². The van der Waals surface area contributed by atoms with E-state index < -0.39 is 0 Å². The standard InChI is InChI=1S/C7H12O3/c1-8-6-4-10-5-2-3-9-7(5)6/h5-7H,2-4H2,1H3/t5?,6-,7+/m1/s1. The molecule has 0 N–H and O–H groups in total. The Bertz CT molecular complexity index is 126. The average molecular weight is 144 g/mol. The molecular formula is C7H12O3.